The molecule has 0 unspecified atom stereocenters. The Balaban J connectivity index is 0.000000166. The molecule has 152 valence electrons. The summed E-state index contributed by atoms with van der Waals surface area (Å²) < 4.78 is 27.0. The van der Waals surface area contributed by atoms with Gasteiger partial charge in [-0.2, -0.15) is 0 Å². The Morgan fingerprint density at radius 3 is 1.78 bits per heavy atom. The highest BCUT2D eigenvalue weighted by Crippen LogP contribution is 2.38. The maximum absolute atomic E-state index is 11.3. The largest absolute Gasteiger partial charge is 0.463 e. The molecule has 0 amide bonds. The van der Waals surface area contributed by atoms with Gasteiger partial charge < -0.3 is 23.7 Å². The molecule has 2 aliphatic heterocycles. The third-order valence-electron chi connectivity index (χ3n) is 5.46. The van der Waals surface area contributed by atoms with Gasteiger partial charge in [-0.15, -0.1) is 0 Å². The van der Waals surface area contributed by atoms with Crippen LogP contribution in [0.3, 0.4) is 0 Å². The van der Waals surface area contributed by atoms with Gasteiger partial charge in [0, 0.05) is 44.6 Å². The van der Waals surface area contributed by atoms with E-state index in [9.17, 15) is 9.59 Å². The summed E-state index contributed by atoms with van der Waals surface area (Å²) in [5.41, 5.74) is 1.14. The quantitative estimate of drug-likeness (QED) is 0.536. The molecule has 7 nitrogen and oxygen atoms in total. The summed E-state index contributed by atoms with van der Waals surface area (Å²) in [7, 11) is 0. The fraction of sp³-hybridized carbons (Fsp3) is 0.800. The highest BCUT2D eigenvalue weighted by atomic mass is 16.7. The molecule has 0 bridgehead atoms. The standard InChI is InChI=1S/C12H18O4.C8H12O3/c1-2-14-11(13)9-10-3-5-12(6-4-10)15-7-8-16-12;9-7-1-3-8(4-2-7)10-5-6-11-8/h9H,2-8H2,1H3;1-6H2. The van der Waals surface area contributed by atoms with Gasteiger partial charge in [-0.05, 0) is 19.8 Å². The molecule has 0 aromatic heterocycles. The van der Waals surface area contributed by atoms with Gasteiger partial charge in [0.2, 0.25) is 0 Å². The lowest BCUT2D eigenvalue weighted by molar-refractivity contribution is -0.179. The van der Waals surface area contributed by atoms with Crippen LogP contribution in [-0.2, 0) is 33.3 Å². The lowest BCUT2D eigenvalue weighted by atomic mass is 9.89. The summed E-state index contributed by atoms with van der Waals surface area (Å²) >= 11 is 0. The number of ether oxygens (including phenoxy) is 5. The van der Waals surface area contributed by atoms with E-state index in [0.717, 1.165) is 44.1 Å². The predicted molar refractivity (Wildman–Crippen MR) is 95.9 cm³/mol. The summed E-state index contributed by atoms with van der Waals surface area (Å²) in [6.45, 7) is 5.00. The van der Waals surface area contributed by atoms with Crippen LogP contribution >= 0.6 is 0 Å². The van der Waals surface area contributed by atoms with Gasteiger partial charge in [-0.25, -0.2) is 4.79 Å². The maximum Gasteiger partial charge on any atom is 0.330 e. The Labute approximate surface area is 160 Å². The first-order valence-electron chi connectivity index (χ1n) is 9.99. The van der Waals surface area contributed by atoms with Crippen LogP contribution in [0.25, 0.3) is 0 Å². The van der Waals surface area contributed by atoms with Crippen molar-refractivity contribution in [2.24, 2.45) is 0 Å². The number of hydrogen-bond donors (Lipinski definition) is 0. The molecule has 0 N–H and O–H groups in total. The second kappa shape index (κ2) is 9.28. The Morgan fingerprint density at radius 1 is 0.889 bits per heavy atom. The highest BCUT2D eigenvalue weighted by Gasteiger charge is 2.40. The summed E-state index contributed by atoms with van der Waals surface area (Å²) in [5, 5.41) is 0. The van der Waals surface area contributed by atoms with E-state index in [1.54, 1.807) is 6.08 Å². The van der Waals surface area contributed by atoms with Crippen LogP contribution in [0.1, 0.15) is 58.3 Å². The number of esters is 1. The summed E-state index contributed by atoms with van der Waals surface area (Å²) in [5.74, 6) is -0.615. The van der Waals surface area contributed by atoms with Crippen molar-refractivity contribution >= 4 is 11.8 Å². The first-order chi connectivity index (χ1) is 13.0. The molecule has 2 saturated carbocycles. The lowest BCUT2D eigenvalue weighted by Crippen LogP contribution is -2.35. The van der Waals surface area contributed by atoms with Gasteiger partial charge in [0.15, 0.2) is 11.6 Å². The topological polar surface area (TPSA) is 80.3 Å². The van der Waals surface area contributed by atoms with Gasteiger partial charge >= 0.3 is 5.97 Å². The predicted octanol–water partition coefficient (Wildman–Crippen LogP) is 2.67. The number of ketones is 1. The Bertz CT molecular complexity index is 533. The molecule has 27 heavy (non-hydrogen) atoms. The number of rotatable bonds is 2. The van der Waals surface area contributed by atoms with E-state index in [0.29, 0.717) is 51.7 Å². The van der Waals surface area contributed by atoms with Crippen LogP contribution in [0.5, 0.6) is 0 Å². The van der Waals surface area contributed by atoms with Gasteiger partial charge in [0.25, 0.3) is 0 Å². The molecule has 2 heterocycles. The minimum absolute atomic E-state index is 0.235. The molecule has 2 saturated heterocycles. The molecule has 0 atom stereocenters. The van der Waals surface area contributed by atoms with E-state index >= 15 is 0 Å². The van der Waals surface area contributed by atoms with Gasteiger partial charge in [0.05, 0.1) is 33.0 Å². The summed E-state index contributed by atoms with van der Waals surface area (Å²) in [6.07, 6.45) is 7.79. The van der Waals surface area contributed by atoms with E-state index in [1.165, 1.54) is 0 Å². The van der Waals surface area contributed by atoms with Gasteiger partial charge in [0.1, 0.15) is 5.78 Å². The van der Waals surface area contributed by atoms with Crippen molar-refractivity contribution in [3.05, 3.63) is 11.6 Å². The number of allylic oxidation sites excluding steroid dienone is 1. The van der Waals surface area contributed by atoms with Gasteiger partial charge in [-0.3, -0.25) is 4.79 Å². The van der Waals surface area contributed by atoms with E-state index in [4.69, 9.17) is 23.7 Å². The summed E-state index contributed by atoms with van der Waals surface area (Å²) in [4.78, 5) is 22.2. The lowest BCUT2D eigenvalue weighted by Gasteiger charge is -2.32. The molecule has 2 aliphatic carbocycles. The summed E-state index contributed by atoms with van der Waals surface area (Å²) in [6, 6.07) is 0. The van der Waals surface area contributed by atoms with Crippen molar-refractivity contribution in [1.29, 1.82) is 0 Å². The molecule has 4 fully saturated rings. The number of Topliss-reactive ketones (excluding diaryl/α,β-unsaturated/α-hetero) is 1. The first kappa shape index (κ1) is 20.5. The van der Waals surface area contributed by atoms with Gasteiger partial charge in [-0.1, -0.05) is 5.57 Å². The van der Waals surface area contributed by atoms with Crippen LogP contribution in [-0.4, -0.2) is 56.4 Å². The number of carbonyl (C=O) groups is 2. The van der Waals surface area contributed by atoms with E-state index in [1.807, 2.05) is 6.92 Å². The Kier molecular flexibility index (Phi) is 7.03. The zero-order valence-corrected chi connectivity index (χ0v) is 16.1. The molecule has 0 aromatic carbocycles. The normalized spacial score (nSPS) is 26.0. The molecular formula is C20H30O7. The third kappa shape index (κ3) is 5.60. The van der Waals surface area contributed by atoms with Crippen molar-refractivity contribution < 1.29 is 33.3 Å². The monoisotopic (exact) mass is 382 g/mol. The van der Waals surface area contributed by atoms with Crippen LogP contribution in [0.2, 0.25) is 0 Å². The molecule has 7 heteroatoms. The second-order valence-corrected chi connectivity index (χ2v) is 7.31. The number of carbonyl (C=O) groups excluding carboxylic acids is 2. The SMILES string of the molecule is CCOC(=O)C=C1CCC2(CC1)OCCO2.O=C1CCC2(CC1)OCCO2. The average molecular weight is 382 g/mol. The minimum atomic E-state index is -0.367. The van der Waals surface area contributed by atoms with Crippen molar-refractivity contribution in [2.75, 3.05) is 33.0 Å². The van der Waals surface area contributed by atoms with Crippen LogP contribution in [0.15, 0.2) is 11.6 Å². The van der Waals surface area contributed by atoms with E-state index < -0.39 is 0 Å². The molecular weight excluding hydrogens is 352 g/mol. The fourth-order valence-corrected chi connectivity index (χ4v) is 3.93. The van der Waals surface area contributed by atoms with E-state index in [2.05, 4.69) is 0 Å². The Morgan fingerprint density at radius 2 is 1.33 bits per heavy atom. The second-order valence-electron chi connectivity index (χ2n) is 7.31. The third-order valence-corrected chi connectivity index (χ3v) is 5.46. The van der Waals surface area contributed by atoms with Crippen molar-refractivity contribution in [2.45, 2.75) is 69.9 Å². The Hall–Kier alpha value is -1.28. The molecule has 4 aliphatic rings. The molecule has 2 spiro atoms. The van der Waals surface area contributed by atoms with Crippen LogP contribution in [0.4, 0.5) is 0 Å². The van der Waals surface area contributed by atoms with E-state index in [-0.39, 0.29) is 17.5 Å². The fourth-order valence-electron chi connectivity index (χ4n) is 3.93. The van der Waals surface area contributed by atoms with Crippen molar-refractivity contribution in [3.63, 3.8) is 0 Å². The van der Waals surface area contributed by atoms with Crippen molar-refractivity contribution in [3.8, 4) is 0 Å². The average Bonchev–Trinajstić information content (AvgIpc) is 3.31. The highest BCUT2D eigenvalue weighted by molar-refractivity contribution is 5.82. The van der Waals surface area contributed by atoms with Crippen molar-refractivity contribution in [1.82, 2.24) is 0 Å². The smallest absolute Gasteiger partial charge is 0.330 e. The zero-order valence-electron chi connectivity index (χ0n) is 16.1. The molecule has 0 aromatic rings. The van der Waals surface area contributed by atoms with Crippen LogP contribution < -0.4 is 0 Å². The minimum Gasteiger partial charge on any atom is -0.463 e. The molecule has 0 radical (unpaired) electrons. The molecule has 4 rings (SSSR count). The first-order valence-corrected chi connectivity index (χ1v) is 9.99. The zero-order chi connectivity index (χ0) is 19.2. The van der Waals surface area contributed by atoms with Crippen LogP contribution in [0, 0.1) is 0 Å². The maximum atomic E-state index is 11.3. The number of hydrogen-bond acceptors (Lipinski definition) is 7.